The topological polar surface area (TPSA) is 39.2 Å². The Hall–Kier alpha value is -1.56. The Labute approximate surface area is 110 Å². The second kappa shape index (κ2) is 4.97. The van der Waals surface area contributed by atoms with Gasteiger partial charge in [0.2, 0.25) is 0 Å². The van der Waals surface area contributed by atoms with E-state index in [-0.39, 0.29) is 27.5 Å². The molecule has 0 saturated heterocycles. The van der Waals surface area contributed by atoms with Crippen LogP contribution in [-0.4, -0.2) is 17.6 Å². The van der Waals surface area contributed by atoms with Gasteiger partial charge in [0.05, 0.1) is 12.2 Å². The van der Waals surface area contributed by atoms with Crippen molar-refractivity contribution >= 4 is 32.8 Å². The lowest BCUT2D eigenvalue weighted by atomic mass is 10.1. The molecule has 3 nitrogen and oxygen atoms in total. The Morgan fingerprint density at radius 1 is 1.44 bits per heavy atom. The van der Waals surface area contributed by atoms with E-state index in [2.05, 4.69) is 20.9 Å². The Kier molecular flexibility index (Phi) is 3.56. The first-order chi connectivity index (χ1) is 8.54. The largest absolute Gasteiger partial charge is 0.462 e. The molecule has 1 heterocycles. The van der Waals surface area contributed by atoms with E-state index in [4.69, 9.17) is 4.74 Å². The van der Waals surface area contributed by atoms with E-state index >= 15 is 0 Å². The van der Waals surface area contributed by atoms with Gasteiger partial charge in [0, 0.05) is 22.1 Å². The van der Waals surface area contributed by atoms with Crippen molar-refractivity contribution in [3.05, 3.63) is 40.0 Å². The predicted octanol–water partition coefficient (Wildman–Crippen LogP) is 3.45. The zero-order valence-electron chi connectivity index (χ0n) is 9.34. The average Bonchev–Trinajstić information content (AvgIpc) is 2.30. The highest BCUT2D eigenvalue weighted by Crippen LogP contribution is 2.28. The summed E-state index contributed by atoms with van der Waals surface area (Å²) >= 11 is 3.15. The molecule has 0 atom stereocenters. The summed E-state index contributed by atoms with van der Waals surface area (Å²) in [4.78, 5) is 15.4. The number of halogens is 3. The Bertz CT molecular complexity index is 631. The minimum Gasteiger partial charge on any atom is -0.462 e. The van der Waals surface area contributed by atoms with E-state index in [1.54, 1.807) is 6.92 Å². The molecular weight excluding hydrogens is 308 g/mol. The van der Waals surface area contributed by atoms with Gasteiger partial charge in [-0.25, -0.2) is 13.6 Å². The number of nitrogens with zero attached hydrogens (tertiary/aromatic N) is 1. The number of rotatable bonds is 2. The highest BCUT2D eigenvalue weighted by Gasteiger charge is 2.17. The molecule has 2 rings (SSSR count). The second-order valence-electron chi connectivity index (χ2n) is 3.49. The van der Waals surface area contributed by atoms with E-state index in [0.717, 1.165) is 12.1 Å². The maximum absolute atomic E-state index is 13.5. The normalized spacial score (nSPS) is 10.7. The zero-order valence-corrected chi connectivity index (χ0v) is 10.9. The van der Waals surface area contributed by atoms with Gasteiger partial charge in [-0.2, -0.15) is 0 Å². The van der Waals surface area contributed by atoms with E-state index < -0.39 is 17.6 Å². The molecular formula is C12H8BrF2NO2. The first kappa shape index (κ1) is 12.9. The van der Waals surface area contributed by atoms with Gasteiger partial charge in [-0.15, -0.1) is 0 Å². The highest BCUT2D eigenvalue weighted by molar-refractivity contribution is 9.10. The van der Waals surface area contributed by atoms with Gasteiger partial charge in [-0.1, -0.05) is 0 Å². The molecule has 0 radical (unpaired) electrons. The Morgan fingerprint density at radius 3 is 2.83 bits per heavy atom. The summed E-state index contributed by atoms with van der Waals surface area (Å²) in [6.45, 7) is 1.88. The Morgan fingerprint density at radius 2 is 2.17 bits per heavy atom. The minimum absolute atomic E-state index is 0.00340. The molecule has 0 N–H and O–H groups in total. The van der Waals surface area contributed by atoms with E-state index in [1.807, 2.05) is 0 Å². The van der Waals surface area contributed by atoms with Crippen molar-refractivity contribution in [3.8, 4) is 0 Å². The summed E-state index contributed by atoms with van der Waals surface area (Å²) in [5.41, 5.74) is 0.130. The van der Waals surface area contributed by atoms with Crippen LogP contribution in [0.2, 0.25) is 0 Å². The molecule has 0 unspecified atom stereocenters. The molecule has 0 aliphatic carbocycles. The van der Waals surface area contributed by atoms with Crippen LogP contribution in [0, 0.1) is 11.6 Å². The summed E-state index contributed by atoms with van der Waals surface area (Å²) in [5.74, 6) is -2.10. The maximum atomic E-state index is 13.5. The molecule has 0 aliphatic heterocycles. The fourth-order valence-corrected chi connectivity index (χ4v) is 2.11. The van der Waals surface area contributed by atoms with Crippen molar-refractivity contribution in [1.29, 1.82) is 0 Å². The molecule has 0 spiro atoms. The molecule has 0 aliphatic rings. The predicted molar refractivity (Wildman–Crippen MR) is 65.3 cm³/mol. The lowest BCUT2D eigenvalue weighted by Crippen LogP contribution is -2.06. The molecule has 1 aromatic heterocycles. The van der Waals surface area contributed by atoms with Crippen LogP contribution in [0.1, 0.15) is 17.3 Å². The van der Waals surface area contributed by atoms with Crippen LogP contribution in [0.3, 0.4) is 0 Å². The first-order valence-electron chi connectivity index (χ1n) is 5.15. The Balaban J connectivity index is 2.67. The van der Waals surface area contributed by atoms with Gasteiger partial charge in [0.25, 0.3) is 0 Å². The summed E-state index contributed by atoms with van der Waals surface area (Å²) in [5, 5.41) is 0.193. The summed E-state index contributed by atoms with van der Waals surface area (Å²) in [7, 11) is 0. The third-order valence-corrected chi connectivity index (χ3v) is 3.17. The number of aromatic nitrogens is 1. The number of ether oxygens (including phenoxy) is 1. The highest BCUT2D eigenvalue weighted by atomic mass is 79.9. The number of hydrogen-bond acceptors (Lipinski definition) is 3. The molecule has 0 saturated carbocycles. The van der Waals surface area contributed by atoms with E-state index in [1.165, 1.54) is 6.20 Å². The van der Waals surface area contributed by atoms with E-state index in [0.29, 0.717) is 0 Å². The number of fused-ring (bicyclic) bond motifs is 1. The molecule has 0 fully saturated rings. The third-order valence-electron chi connectivity index (χ3n) is 2.32. The quantitative estimate of drug-likeness (QED) is 0.797. The molecule has 0 bridgehead atoms. The number of carbonyl (C=O) groups is 1. The van der Waals surface area contributed by atoms with Gasteiger partial charge in [-0.3, -0.25) is 4.98 Å². The molecule has 1 aromatic carbocycles. The SMILES string of the molecule is CCOC(=O)c1cnc2c(F)cc(F)cc2c1Br. The summed E-state index contributed by atoms with van der Waals surface area (Å²) in [6, 6.07) is 1.85. The van der Waals surface area contributed by atoms with Crippen LogP contribution in [0.4, 0.5) is 8.78 Å². The number of esters is 1. The van der Waals surface area contributed by atoms with Gasteiger partial charge < -0.3 is 4.74 Å². The van der Waals surface area contributed by atoms with Crippen LogP contribution in [-0.2, 0) is 4.74 Å². The van der Waals surface area contributed by atoms with Crippen molar-refractivity contribution in [3.63, 3.8) is 0 Å². The fourth-order valence-electron chi connectivity index (χ4n) is 1.55. The summed E-state index contributed by atoms with van der Waals surface area (Å²) in [6.07, 6.45) is 1.20. The van der Waals surface area contributed by atoms with Gasteiger partial charge in [-0.05, 0) is 28.9 Å². The standard InChI is InChI=1S/C12H8BrF2NO2/c1-2-18-12(17)8-5-16-11-7(10(8)13)3-6(14)4-9(11)15/h3-5H,2H2,1H3. The third kappa shape index (κ3) is 2.20. The van der Waals surface area contributed by atoms with E-state index in [9.17, 15) is 13.6 Å². The number of hydrogen-bond donors (Lipinski definition) is 0. The van der Waals surface area contributed by atoms with Crippen LogP contribution in [0.15, 0.2) is 22.8 Å². The smallest absolute Gasteiger partial charge is 0.340 e. The van der Waals surface area contributed by atoms with Gasteiger partial charge in [0.1, 0.15) is 11.3 Å². The zero-order chi connectivity index (χ0) is 13.3. The van der Waals surface area contributed by atoms with Crippen molar-refractivity contribution in [1.82, 2.24) is 4.98 Å². The lowest BCUT2D eigenvalue weighted by molar-refractivity contribution is 0.0525. The van der Waals surface area contributed by atoms with Gasteiger partial charge in [0.15, 0.2) is 5.82 Å². The van der Waals surface area contributed by atoms with Crippen LogP contribution in [0.5, 0.6) is 0 Å². The van der Waals surface area contributed by atoms with Crippen molar-refractivity contribution < 1.29 is 18.3 Å². The molecule has 94 valence electrons. The average molecular weight is 316 g/mol. The van der Waals surface area contributed by atoms with Crippen molar-refractivity contribution in [2.24, 2.45) is 0 Å². The molecule has 2 aromatic rings. The minimum atomic E-state index is -0.777. The monoisotopic (exact) mass is 315 g/mol. The van der Waals surface area contributed by atoms with Crippen molar-refractivity contribution in [2.75, 3.05) is 6.61 Å². The molecule has 6 heteroatoms. The molecule has 18 heavy (non-hydrogen) atoms. The first-order valence-corrected chi connectivity index (χ1v) is 5.94. The number of benzene rings is 1. The van der Waals surface area contributed by atoms with Crippen molar-refractivity contribution in [2.45, 2.75) is 6.92 Å². The van der Waals surface area contributed by atoms with Crippen LogP contribution >= 0.6 is 15.9 Å². The van der Waals surface area contributed by atoms with Crippen LogP contribution < -0.4 is 0 Å². The summed E-state index contributed by atoms with van der Waals surface area (Å²) < 4.78 is 31.7. The number of pyridine rings is 1. The lowest BCUT2D eigenvalue weighted by Gasteiger charge is -2.07. The molecule has 0 amide bonds. The fraction of sp³-hybridized carbons (Fsp3) is 0.167. The maximum Gasteiger partial charge on any atom is 0.340 e. The van der Waals surface area contributed by atoms with Crippen LogP contribution in [0.25, 0.3) is 10.9 Å². The second-order valence-corrected chi connectivity index (χ2v) is 4.28. The van der Waals surface area contributed by atoms with Gasteiger partial charge >= 0.3 is 5.97 Å². The number of carbonyl (C=O) groups excluding carboxylic acids is 1.